The Morgan fingerprint density at radius 3 is 2.28 bits per heavy atom. The summed E-state index contributed by atoms with van der Waals surface area (Å²) in [5.74, 6) is 0. The molecule has 0 aliphatic heterocycles. The van der Waals surface area contributed by atoms with Crippen LogP contribution in [0.2, 0.25) is 0 Å². The lowest BCUT2D eigenvalue weighted by Crippen LogP contribution is -2.12. The van der Waals surface area contributed by atoms with E-state index in [1.54, 1.807) is 30.3 Å². The van der Waals surface area contributed by atoms with Crippen LogP contribution in [0.1, 0.15) is 21.7 Å². The largest absolute Gasteiger partial charge is 0.431 e. The van der Waals surface area contributed by atoms with Crippen LogP contribution in [-0.2, 0) is 6.18 Å². The summed E-state index contributed by atoms with van der Waals surface area (Å²) >= 11 is 0. The molecule has 1 aromatic carbocycles. The summed E-state index contributed by atoms with van der Waals surface area (Å²) in [6, 6.07) is 9.02. The lowest BCUT2D eigenvalue weighted by Gasteiger charge is -2.13. The number of halogens is 3. The van der Waals surface area contributed by atoms with Crippen molar-refractivity contribution in [2.24, 2.45) is 0 Å². The number of benzene rings is 1. The van der Waals surface area contributed by atoms with E-state index in [0.717, 1.165) is 10.6 Å². The highest BCUT2D eigenvalue weighted by molar-refractivity contribution is 5.78. The van der Waals surface area contributed by atoms with Gasteiger partial charge in [-0.3, -0.25) is 4.79 Å². The summed E-state index contributed by atoms with van der Waals surface area (Å²) in [4.78, 5) is 10.8. The number of hydrogen-bond donors (Lipinski definition) is 0. The Bertz CT molecular complexity index is 570. The predicted molar refractivity (Wildman–Crippen MR) is 60.9 cm³/mol. The van der Waals surface area contributed by atoms with Gasteiger partial charge in [0.25, 0.3) is 0 Å². The van der Waals surface area contributed by atoms with Crippen molar-refractivity contribution in [1.82, 2.24) is 4.57 Å². The van der Waals surface area contributed by atoms with Crippen LogP contribution in [0.25, 0.3) is 5.69 Å². The third kappa shape index (κ3) is 2.03. The maximum absolute atomic E-state index is 12.9. The van der Waals surface area contributed by atoms with Crippen molar-refractivity contribution in [3.8, 4) is 5.69 Å². The standard InChI is InChI=1S/C13H10F3NO/c1-9-10(8-18)7-12(13(14,15)16)17(9)11-5-3-2-4-6-11/h2-8H,1H3. The van der Waals surface area contributed by atoms with Crippen LogP contribution in [0.15, 0.2) is 36.4 Å². The molecule has 0 atom stereocenters. The molecule has 0 aliphatic carbocycles. The van der Waals surface area contributed by atoms with Gasteiger partial charge in [0, 0.05) is 16.9 Å². The van der Waals surface area contributed by atoms with Crippen molar-refractivity contribution in [1.29, 1.82) is 0 Å². The average molecular weight is 253 g/mol. The number of alkyl halides is 3. The Hall–Kier alpha value is -2.04. The van der Waals surface area contributed by atoms with Crippen LogP contribution in [0.4, 0.5) is 13.2 Å². The molecule has 94 valence electrons. The molecule has 2 rings (SSSR count). The van der Waals surface area contributed by atoms with E-state index in [1.807, 2.05) is 0 Å². The molecule has 2 aromatic rings. The normalized spacial score (nSPS) is 11.6. The summed E-state index contributed by atoms with van der Waals surface area (Å²) < 4.78 is 39.8. The van der Waals surface area contributed by atoms with E-state index in [1.165, 1.54) is 6.92 Å². The summed E-state index contributed by atoms with van der Waals surface area (Å²) in [5.41, 5.74) is -0.126. The van der Waals surface area contributed by atoms with Crippen molar-refractivity contribution in [3.05, 3.63) is 53.3 Å². The van der Waals surface area contributed by atoms with E-state index in [9.17, 15) is 18.0 Å². The molecule has 0 spiro atoms. The van der Waals surface area contributed by atoms with Gasteiger partial charge < -0.3 is 4.57 Å². The van der Waals surface area contributed by atoms with Crippen LogP contribution in [-0.4, -0.2) is 10.9 Å². The first kappa shape index (κ1) is 12.4. The third-order valence-corrected chi connectivity index (χ3v) is 2.72. The summed E-state index contributed by atoms with van der Waals surface area (Å²) in [5, 5.41) is 0. The zero-order chi connectivity index (χ0) is 13.3. The molecule has 0 radical (unpaired) electrons. The molecular weight excluding hydrogens is 243 g/mol. The van der Waals surface area contributed by atoms with Crippen LogP contribution < -0.4 is 0 Å². The Morgan fingerprint density at radius 1 is 1.17 bits per heavy atom. The van der Waals surface area contributed by atoms with Gasteiger partial charge in [-0.05, 0) is 25.1 Å². The minimum Gasteiger partial charge on any atom is -0.309 e. The lowest BCUT2D eigenvalue weighted by atomic mass is 10.2. The Morgan fingerprint density at radius 2 is 1.78 bits per heavy atom. The van der Waals surface area contributed by atoms with Crippen LogP contribution >= 0.6 is 0 Å². The number of rotatable bonds is 2. The number of aldehydes is 1. The first-order valence-corrected chi connectivity index (χ1v) is 5.25. The molecule has 0 saturated heterocycles. The minimum absolute atomic E-state index is 0.0474. The SMILES string of the molecule is Cc1c(C=O)cc(C(F)(F)F)n1-c1ccccc1. The monoisotopic (exact) mass is 253 g/mol. The van der Waals surface area contributed by atoms with Gasteiger partial charge in [0.1, 0.15) is 5.69 Å². The fraction of sp³-hybridized carbons (Fsp3) is 0.154. The molecule has 5 heteroatoms. The second kappa shape index (κ2) is 4.33. The highest BCUT2D eigenvalue weighted by atomic mass is 19.4. The van der Waals surface area contributed by atoms with Gasteiger partial charge in [-0.25, -0.2) is 0 Å². The van der Waals surface area contributed by atoms with E-state index >= 15 is 0 Å². The second-order valence-corrected chi connectivity index (χ2v) is 3.86. The van der Waals surface area contributed by atoms with E-state index in [2.05, 4.69) is 0 Å². The van der Waals surface area contributed by atoms with Crippen molar-refractivity contribution in [3.63, 3.8) is 0 Å². The zero-order valence-electron chi connectivity index (χ0n) is 9.53. The van der Waals surface area contributed by atoms with Gasteiger partial charge in [-0.1, -0.05) is 18.2 Å². The van der Waals surface area contributed by atoms with Crippen LogP contribution in [0, 0.1) is 6.92 Å². The molecule has 1 aromatic heterocycles. The molecule has 0 aliphatic rings. The average Bonchev–Trinajstić information content (AvgIpc) is 2.67. The van der Waals surface area contributed by atoms with E-state index in [0.29, 0.717) is 12.0 Å². The van der Waals surface area contributed by atoms with E-state index in [4.69, 9.17) is 0 Å². The Balaban J connectivity index is 2.72. The second-order valence-electron chi connectivity index (χ2n) is 3.86. The molecule has 0 bridgehead atoms. The van der Waals surface area contributed by atoms with Crippen molar-refractivity contribution < 1.29 is 18.0 Å². The third-order valence-electron chi connectivity index (χ3n) is 2.72. The van der Waals surface area contributed by atoms with Gasteiger partial charge in [0.2, 0.25) is 0 Å². The van der Waals surface area contributed by atoms with E-state index in [-0.39, 0.29) is 11.3 Å². The summed E-state index contributed by atoms with van der Waals surface area (Å²) in [6.07, 6.45) is -4.06. The first-order chi connectivity index (χ1) is 8.45. The topological polar surface area (TPSA) is 22.0 Å². The van der Waals surface area contributed by atoms with Gasteiger partial charge in [-0.2, -0.15) is 13.2 Å². The number of aromatic nitrogens is 1. The number of carbonyl (C=O) groups excluding carboxylic acids is 1. The van der Waals surface area contributed by atoms with Gasteiger partial charge in [-0.15, -0.1) is 0 Å². The highest BCUT2D eigenvalue weighted by Crippen LogP contribution is 2.34. The van der Waals surface area contributed by atoms with Gasteiger partial charge >= 0.3 is 6.18 Å². The Labute approximate surface area is 102 Å². The molecule has 0 N–H and O–H groups in total. The number of carbonyl (C=O) groups is 1. The molecule has 2 nitrogen and oxygen atoms in total. The molecule has 0 fully saturated rings. The first-order valence-electron chi connectivity index (χ1n) is 5.25. The number of hydrogen-bond acceptors (Lipinski definition) is 1. The van der Waals surface area contributed by atoms with Crippen LogP contribution in [0.3, 0.4) is 0 Å². The molecule has 0 saturated carbocycles. The Kier molecular flexibility index (Phi) is 2.98. The minimum atomic E-state index is -4.50. The molecule has 18 heavy (non-hydrogen) atoms. The molecule has 0 unspecified atom stereocenters. The van der Waals surface area contributed by atoms with Crippen molar-refractivity contribution in [2.45, 2.75) is 13.1 Å². The highest BCUT2D eigenvalue weighted by Gasteiger charge is 2.36. The molecular formula is C13H10F3NO. The zero-order valence-corrected chi connectivity index (χ0v) is 9.53. The number of para-hydroxylation sites is 1. The van der Waals surface area contributed by atoms with Crippen molar-refractivity contribution >= 4 is 6.29 Å². The van der Waals surface area contributed by atoms with E-state index < -0.39 is 11.9 Å². The quantitative estimate of drug-likeness (QED) is 0.749. The maximum Gasteiger partial charge on any atom is 0.431 e. The van der Waals surface area contributed by atoms with Crippen LogP contribution in [0.5, 0.6) is 0 Å². The molecule has 1 heterocycles. The maximum atomic E-state index is 12.9. The summed E-state index contributed by atoms with van der Waals surface area (Å²) in [6.45, 7) is 1.49. The predicted octanol–water partition coefficient (Wildman–Crippen LogP) is 3.62. The summed E-state index contributed by atoms with van der Waals surface area (Å²) in [7, 11) is 0. The fourth-order valence-electron chi connectivity index (χ4n) is 1.86. The van der Waals surface area contributed by atoms with Gasteiger partial charge in [0.05, 0.1) is 0 Å². The van der Waals surface area contributed by atoms with Crippen molar-refractivity contribution in [2.75, 3.05) is 0 Å². The lowest BCUT2D eigenvalue weighted by molar-refractivity contribution is -0.142. The fourth-order valence-corrected chi connectivity index (χ4v) is 1.86. The smallest absolute Gasteiger partial charge is 0.309 e. The molecule has 0 amide bonds. The van der Waals surface area contributed by atoms with Gasteiger partial charge in [0.15, 0.2) is 6.29 Å². The number of nitrogens with zero attached hydrogens (tertiary/aromatic N) is 1.